The molecule has 0 aliphatic carbocycles. The Bertz CT molecular complexity index is 487. The van der Waals surface area contributed by atoms with Crippen LogP contribution < -0.4 is 5.32 Å². The summed E-state index contributed by atoms with van der Waals surface area (Å²) in [6.07, 6.45) is 1.93. The second-order valence-electron chi connectivity index (χ2n) is 3.44. The van der Waals surface area contributed by atoms with Gasteiger partial charge in [-0.3, -0.25) is 0 Å². The largest absolute Gasteiger partial charge is 0.363 e. The van der Waals surface area contributed by atoms with Crippen molar-refractivity contribution in [2.75, 3.05) is 11.6 Å². The van der Waals surface area contributed by atoms with Gasteiger partial charge in [-0.25, -0.2) is 9.97 Å². The third-order valence-corrected chi connectivity index (χ3v) is 3.99. The van der Waals surface area contributed by atoms with Gasteiger partial charge in [0.15, 0.2) is 5.16 Å². The minimum Gasteiger partial charge on any atom is -0.363 e. The van der Waals surface area contributed by atoms with Gasteiger partial charge < -0.3 is 5.32 Å². The molecule has 3 nitrogen and oxygen atoms in total. The van der Waals surface area contributed by atoms with Crippen molar-refractivity contribution in [1.29, 1.82) is 0 Å². The number of anilines is 1. The molecule has 0 aliphatic rings. The predicted molar refractivity (Wildman–Crippen MR) is 75.2 cm³/mol. The first-order valence-corrected chi connectivity index (χ1v) is 7.56. The maximum absolute atomic E-state index is 5.94. The molecule has 2 heterocycles. The lowest BCUT2D eigenvalue weighted by Crippen LogP contribution is -2.07. The lowest BCUT2D eigenvalue weighted by Gasteiger charge is -2.13. The van der Waals surface area contributed by atoms with Gasteiger partial charge in [-0.2, -0.15) is 0 Å². The van der Waals surface area contributed by atoms with Gasteiger partial charge in [-0.1, -0.05) is 29.4 Å². The normalized spacial score (nSPS) is 12.4. The first-order valence-electron chi connectivity index (χ1n) is 5.07. The van der Waals surface area contributed by atoms with E-state index in [0.29, 0.717) is 10.3 Å². The summed E-state index contributed by atoms with van der Waals surface area (Å²) in [5, 5.41) is 6.53. The third-order valence-electron chi connectivity index (χ3n) is 2.19. The third kappa shape index (κ3) is 3.34. The van der Waals surface area contributed by atoms with Crippen LogP contribution in [0.2, 0.25) is 5.15 Å². The first kappa shape index (κ1) is 12.7. The summed E-state index contributed by atoms with van der Waals surface area (Å²) in [6.45, 7) is 2.10. The Morgan fingerprint density at radius 1 is 1.47 bits per heavy atom. The standard InChI is InChI=1S/C11H12ClN3S2/c1-7(8-4-3-5-17-8)13-10-6-9(12)14-11(15-10)16-2/h3-7H,1-2H3,(H,13,14,15). The van der Waals surface area contributed by atoms with E-state index >= 15 is 0 Å². The molecule has 0 aliphatic heterocycles. The molecule has 1 atom stereocenters. The molecule has 1 N–H and O–H groups in total. The number of thioether (sulfide) groups is 1. The maximum atomic E-state index is 5.94. The fourth-order valence-corrected chi connectivity index (χ4v) is 2.74. The molecule has 0 saturated heterocycles. The molecule has 6 heteroatoms. The molecule has 0 fully saturated rings. The molecule has 0 bridgehead atoms. The molecule has 0 spiro atoms. The Balaban J connectivity index is 2.15. The highest BCUT2D eigenvalue weighted by molar-refractivity contribution is 7.98. The molecule has 0 radical (unpaired) electrons. The number of aromatic nitrogens is 2. The summed E-state index contributed by atoms with van der Waals surface area (Å²) in [5.74, 6) is 0.759. The Morgan fingerprint density at radius 3 is 2.94 bits per heavy atom. The number of rotatable bonds is 4. The highest BCUT2D eigenvalue weighted by Crippen LogP contribution is 2.24. The minimum absolute atomic E-state index is 0.218. The van der Waals surface area contributed by atoms with Crippen molar-refractivity contribution >= 4 is 40.5 Å². The Kier molecular flexibility index (Phi) is 4.25. The Labute approximate surface area is 114 Å². The molecular weight excluding hydrogens is 274 g/mol. The summed E-state index contributed by atoms with van der Waals surface area (Å²) in [4.78, 5) is 9.73. The zero-order chi connectivity index (χ0) is 12.3. The summed E-state index contributed by atoms with van der Waals surface area (Å²) in [6, 6.07) is 6.10. The van der Waals surface area contributed by atoms with Crippen molar-refractivity contribution in [2.24, 2.45) is 0 Å². The average Bonchev–Trinajstić information content (AvgIpc) is 2.81. The van der Waals surface area contributed by atoms with E-state index in [1.54, 1.807) is 17.4 Å². The van der Waals surface area contributed by atoms with E-state index in [-0.39, 0.29) is 6.04 Å². The van der Waals surface area contributed by atoms with E-state index < -0.39 is 0 Å². The predicted octanol–water partition coefficient (Wildman–Crippen LogP) is 4.09. The van der Waals surface area contributed by atoms with E-state index in [0.717, 1.165) is 5.82 Å². The average molecular weight is 286 g/mol. The van der Waals surface area contributed by atoms with Gasteiger partial charge in [0, 0.05) is 10.9 Å². The molecule has 2 rings (SSSR count). The second kappa shape index (κ2) is 5.71. The van der Waals surface area contributed by atoms with E-state index in [9.17, 15) is 0 Å². The van der Waals surface area contributed by atoms with Gasteiger partial charge in [-0.15, -0.1) is 11.3 Å². The van der Waals surface area contributed by atoms with Gasteiger partial charge in [0.2, 0.25) is 0 Å². The summed E-state index contributed by atoms with van der Waals surface area (Å²) < 4.78 is 0. The van der Waals surface area contributed by atoms with Gasteiger partial charge in [0.05, 0.1) is 6.04 Å². The Hall–Kier alpha value is -0.780. The summed E-state index contributed by atoms with van der Waals surface area (Å²) >= 11 is 9.13. The SMILES string of the molecule is CSc1nc(Cl)cc(NC(C)c2cccs2)n1. The zero-order valence-electron chi connectivity index (χ0n) is 9.48. The minimum atomic E-state index is 0.218. The highest BCUT2D eigenvalue weighted by Gasteiger charge is 2.08. The summed E-state index contributed by atoms with van der Waals surface area (Å²) in [7, 11) is 0. The molecule has 0 saturated carbocycles. The topological polar surface area (TPSA) is 37.8 Å². The fraction of sp³-hybridized carbons (Fsp3) is 0.273. The van der Waals surface area contributed by atoms with Crippen LogP contribution in [0.25, 0.3) is 0 Å². The van der Waals surface area contributed by atoms with Crippen LogP contribution in [-0.4, -0.2) is 16.2 Å². The number of thiophene rings is 1. The van der Waals surface area contributed by atoms with Gasteiger partial charge in [-0.05, 0) is 24.6 Å². The number of hydrogen-bond acceptors (Lipinski definition) is 5. The van der Waals surface area contributed by atoms with Crippen LogP contribution >= 0.6 is 34.7 Å². The zero-order valence-corrected chi connectivity index (χ0v) is 11.9. The van der Waals surface area contributed by atoms with Crippen molar-refractivity contribution in [2.45, 2.75) is 18.1 Å². The molecule has 17 heavy (non-hydrogen) atoms. The van der Waals surface area contributed by atoms with Gasteiger partial charge >= 0.3 is 0 Å². The van der Waals surface area contributed by atoms with E-state index in [4.69, 9.17) is 11.6 Å². The summed E-state index contributed by atoms with van der Waals surface area (Å²) in [5.41, 5.74) is 0. The van der Waals surface area contributed by atoms with Crippen LogP contribution in [-0.2, 0) is 0 Å². The molecule has 0 amide bonds. The molecule has 1 unspecified atom stereocenters. The van der Waals surface area contributed by atoms with Gasteiger partial charge in [0.25, 0.3) is 0 Å². The van der Waals surface area contributed by atoms with Crippen LogP contribution in [0.3, 0.4) is 0 Å². The van der Waals surface area contributed by atoms with Crippen LogP contribution in [0, 0.1) is 0 Å². The van der Waals surface area contributed by atoms with Crippen LogP contribution in [0.5, 0.6) is 0 Å². The van der Waals surface area contributed by atoms with E-state index in [2.05, 4.69) is 33.7 Å². The number of nitrogens with one attached hydrogen (secondary N) is 1. The van der Waals surface area contributed by atoms with Crippen LogP contribution in [0.15, 0.2) is 28.7 Å². The number of halogens is 1. The van der Waals surface area contributed by atoms with Crippen LogP contribution in [0.4, 0.5) is 5.82 Å². The highest BCUT2D eigenvalue weighted by atomic mass is 35.5. The monoisotopic (exact) mass is 285 g/mol. The fourth-order valence-electron chi connectivity index (χ4n) is 1.39. The van der Waals surface area contributed by atoms with E-state index in [1.165, 1.54) is 16.6 Å². The molecule has 0 aromatic carbocycles. The van der Waals surface area contributed by atoms with Crippen molar-refractivity contribution in [3.05, 3.63) is 33.6 Å². The second-order valence-corrected chi connectivity index (χ2v) is 5.58. The first-order chi connectivity index (χ1) is 8.19. The maximum Gasteiger partial charge on any atom is 0.190 e. The smallest absolute Gasteiger partial charge is 0.190 e. The Morgan fingerprint density at radius 2 is 2.29 bits per heavy atom. The van der Waals surface area contributed by atoms with Crippen molar-refractivity contribution < 1.29 is 0 Å². The molecule has 2 aromatic rings. The lowest BCUT2D eigenvalue weighted by atomic mass is 10.3. The molecular formula is C11H12ClN3S2. The van der Waals surface area contributed by atoms with Crippen molar-refractivity contribution in [3.63, 3.8) is 0 Å². The number of hydrogen-bond donors (Lipinski definition) is 1. The quantitative estimate of drug-likeness (QED) is 0.522. The molecule has 2 aromatic heterocycles. The molecule has 90 valence electrons. The van der Waals surface area contributed by atoms with Crippen molar-refractivity contribution in [1.82, 2.24) is 9.97 Å². The van der Waals surface area contributed by atoms with E-state index in [1.807, 2.05) is 12.3 Å². The number of nitrogens with zero attached hydrogens (tertiary/aromatic N) is 2. The van der Waals surface area contributed by atoms with Crippen LogP contribution in [0.1, 0.15) is 17.8 Å². The van der Waals surface area contributed by atoms with Gasteiger partial charge in [0.1, 0.15) is 11.0 Å². The lowest BCUT2D eigenvalue weighted by molar-refractivity contribution is 0.872. The van der Waals surface area contributed by atoms with Crippen molar-refractivity contribution in [3.8, 4) is 0 Å².